The Morgan fingerprint density at radius 3 is 2.79 bits per heavy atom. The van der Waals surface area contributed by atoms with Crippen LogP contribution in [0.2, 0.25) is 0 Å². The second kappa shape index (κ2) is 4.97. The second-order valence-corrected chi connectivity index (χ2v) is 5.71. The van der Waals surface area contributed by atoms with E-state index in [1.54, 1.807) is 6.92 Å². The van der Waals surface area contributed by atoms with Crippen molar-refractivity contribution in [1.29, 1.82) is 0 Å². The Kier molecular flexibility index (Phi) is 3.68. The van der Waals surface area contributed by atoms with Crippen LogP contribution in [0.3, 0.4) is 0 Å². The molecule has 0 aromatic heterocycles. The molecular weight excluding hydrogens is 240 g/mol. The number of aliphatic hydroxyl groups excluding tert-OH is 1. The lowest BCUT2D eigenvalue weighted by Crippen LogP contribution is -2.46. The van der Waals surface area contributed by atoms with E-state index in [0.717, 1.165) is 5.57 Å². The molecule has 2 aliphatic carbocycles. The topological polar surface area (TPSA) is 46.5 Å². The van der Waals surface area contributed by atoms with Crippen LogP contribution in [0.15, 0.2) is 35.5 Å². The van der Waals surface area contributed by atoms with Crippen molar-refractivity contribution in [2.45, 2.75) is 46.3 Å². The number of esters is 1. The van der Waals surface area contributed by atoms with Gasteiger partial charge in [0.2, 0.25) is 0 Å². The summed E-state index contributed by atoms with van der Waals surface area (Å²) in [5.41, 5.74) is 2.13. The van der Waals surface area contributed by atoms with Gasteiger partial charge in [0.05, 0.1) is 6.10 Å². The Bertz CT molecular complexity index is 472. The Labute approximate surface area is 114 Å². The van der Waals surface area contributed by atoms with Gasteiger partial charge in [0.1, 0.15) is 6.10 Å². The quantitative estimate of drug-likeness (QED) is 0.778. The first-order valence-corrected chi connectivity index (χ1v) is 6.86. The first kappa shape index (κ1) is 14.1. The molecule has 1 N–H and O–H groups in total. The molecule has 0 aliphatic heterocycles. The first-order valence-electron chi connectivity index (χ1n) is 6.86. The summed E-state index contributed by atoms with van der Waals surface area (Å²) in [6.07, 6.45) is 7.30. The smallest absolute Gasteiger partial charge is 0.306 e. The zero-order valence-corrected chi connectivity index (χ0v) is 12.0. The van der Waals surface area contributed by atoms with Gasteiger partial charge in [-0.1, -0.05) is 44.6 Å². The molecule has 0 bridgehead atoms. The normalized spacial score (nSPS) is 37.2. The van der Waals surface area contributed by atoms with Gasteiger partial charge in [0, 0.05) is 11.8 Å². The highest BCUT2D eigenvalue weighted by Crippen LogP contribution is 2.47. The third-order valence-electron chi connectivity index (χ3n) is 4.37. The lowest BCUT2D eigenvalue weighted by molar-refractivity contribution is -0.154. The summed E-state index contributed by atoms with van der Waals surface area (Å²) in [7, 11) is 0. The number of ether oxygens (including phenoxy) is 1. The maximum Gasteiger partial charge on any atom is 0.306 e. The summed E-state index contributed by atoms with van der Waals surface area (Å²) < 4.78 is 5.32. The van der Waals surface area contributed by atoms with Gasteiger partial charge in [-0.05, 0) is 24.5 Å². The Morgan fingerprint density at radius 1 is 1.47 bits per heavy atom. The average Bonchev–Trinajstić information content (AvgIpc) is 2.37. The number of fused-ring (bicyclic) bond motifs is 1. The van der Waals surface area contributed by atoms with Crippen molar-refractivity contribution in [2.24, 2.45) is 11.3 Å². The lowest BCUT2D eigenvalue weighted by atomic mass is 9.63. The molecule has 0 saturated carbocycles. The van der Waals surface area contributed by atoms with E-state index >= 15 is 0 Å². The van der Waals surface area contributed by atoms with E-state index in [4.69, 9.17) is 4.74 Å². The van der Waals surface area contributed by atoms with Gasteiger partial charge in [-0.2, -0.15) is 0 Å². The highest BCUT2D eigenvalue weighted by Gasteiger charge is 2.44. The van der Waals surface area contributed by atoms with E-state index in [1.165, 1.54) is 5.57 Å². The molecule has 104 valence electrons. The summed E-state index contributed by atoms with van der Waals surface area (Å²) in [5, 5.41) is 10.4. The molecule has 19 heavy (non-hydrogen) atoms. The van der Waals surface area contributed by atoms with Crippen LogP contribution in [-0.2, 0) is 9.53 Å². The van der Waals surface area contributed by atoms with Gasteiger partial charge in [0.25, 0.3) is 0 Å². The van der Waals surface area contributed by atoms with Gasteiger partial charge in [-0.15, -0.1) is 0 Å². The molecule has 0 saturated heterocycles. The van der Waals surface area contributed by atoms with Crippen molar-refractivity contribution < 1.29 is 14.6 Å². The number of carbonyl (C=O) groups excluding carboxylic acids is 1. The van der Waals surface area contributed by atoms with Crippen LogP contribution in [0.5, 0.6) is 0 Å². The number of rotatable bonds is 2. The SMILES string of the molecule is CCC(=O)O[C@H]1C=C2C=CC(C)=C[C@]2(C)[C@@H](C)[C@H]1O. The summed E-state index contributed by atoms with van der Waals surface area (Å²) in [6, 6.07) is 0. The predicted molar refractivity (Wildman–Crippen MR) is 74.4 cm³/mol. The summed E-state index contributed by atoms with van der Waals surface area (Å²) in [5.74, 6) is -0.273. The average molecular weight is 262 g/mol. The van der Waals surface area contributed by atoms with Crippen LogP contribution < -0.4 is 0 Å². The number of carbonyl (C=O) groups is 1. The number of hydrogen-bond acceptors (Lipinski definition) is 3. The molecule has 3 nitrogen and oxygen atoms in total. The minimum atomic E-state index is -0.667. The monoisotopic (exact) mass is 262 g/mol. The second-order valence-electron chi connectivity index (χ2n) is 5.71. The number of aliphatic hydroxyl groups is 1. The molecule has 0 fully saturated rings. The fourth-order valence-corrected chi connectivity index (χ4v) is 2.89. The fourth-order valence-electron chi connectivity index (χ4n) is 2.89. The Morgan fingerprint density at radius 2 is 2.16 bits per heavy atom. The van der Waals surface area contributed by atoms with E-state index in [1.807, 2.05) is 13.0 Å². The Balaban J connectivity index is 2.35. The molecule has 0 heterocycles. The molecule has 0 aromatic rings. The van der Waals surface area contributed by atoms with Crippen molar-refractivity contribution in [1.82, 2.24) is 0 Å². The van der Waals surface area contributed by atoms with Crippen LogP contribution >= 0.6 is 0 Å². The zero-order valence-electron chi connectivity index (χ0n) is 12.0. The van der Waals surface area contributed by atoms with Crippen molar-refractivity contribution >= 4 is 5.97 Å². The van der Waals surface area contributed by atoms with Crippen molar-refractivity contribution in [3.05, 3.63) is 35.5 Å². The molecule has 0 aromatic carbocycles. The maximum absolute atomic E-state index is 11.4. The van der Waals surface area contributed by atoms with Crippen LogP contribution in [-0.4, -0.2) is 23.3 Å². The van der Waals surface area contributed by atoms with E-state index in [0.29, 0.717) is 6.42 Å². The van der Waals surface area contributed by atoms with Gasteiger partial charge in [0.15, 0.2) is 0 Å². The standard InChI is InChI=1S/C16H22O3/c1-5-14(17)19-13-8-12-7-6-10(2)9-16(12,4)11(3)15(13)18/h6-9,11,13,15,18H,5H2,1-4H3/t11-,13-,15+,16+/m0/s1. The minimum absolute atomic E-state index is 0.00190. The molecule has 3 heteroatoms. The van der Waals surface area contributed by atoms with Crippen molar-refractivity contribution in [3.8, 4) is 0 Å². The fraction of sp³-hybridized carbons (Fsp3) is 0.562. The highest BCUT2D eigenvalue weighted by atomic mass is 16.6. The maximum atomic E-state index is 11.4. The summed E-state index contributed by atoms with van der Waals surface area (Å²) in [4.78, 5) is 11.4. The van der Waals surface area contributed by atoms with Crippen LogP contribution in [0, 0.1) is 11.3 Å². The largest absolute Gasteiger partial charge is 0.455 e. The third-order valence-corrected chi connectivity index (χ3v) is 4.37. The van der Waals surface area contributed by atoms with Gasteiger partial charge < -0.3 is 9.84 Å². The van der Waals surface area contributed by atoms with Gasteiger partial charge >= 0.3 is 5.97 Å². The molecule has 4 atom stereocenters. The van der Waals surface area contributed by atoms with Gasteiger partial charge in [-0.25, -0.2) is 0 Å². The predicted octanol–water partition coefficient (Wildman–Crippen LogP) is 2.77. The van der Waals surface area contributed by atoms with Gasteiger partial charge in [-0.3, -0.25) is 4.79 Å². The zero-order chi connectivity index (χ0) is 14.2. The minimum Gasteiger partial charge on any atom is -0.455 e. The molecule has 0 radical (unpaired) electrons. The van der Waals surface area contributed by atoms with E-state index in [2.05, 4.69) is 32.1 Å². The van der Waals surface area contributed by atoms with Crippen LogP contribution in [0.1, 0.15) is 34.1 Å². The molecule has 2 aliphatic rings. The molecule has 0 spiro atoms. The number of hydrogen-bond donors (Lipinski definition) is 1. The van der Waals surface area contributed by atoms with E-state index in [-0.39, 0.29) is 17.3 Å². The molecule has 0 unspecified atom stereocenters. The first-order chi connectivity index (χ1) is 8.88. The third kappa shape index (κ3) is 2.39. The van der Waals surface area contributed by atoms with Crippen LogP contribution in [0.4, 0.5) is 0 Å². The van der Waals surface area contributed by atoms with E-state index < -0.39 is 12.2 Å². The Hall–Kier alpha value is -1.35. The lowest BCUT2D eigenvalue weighted by Gasteiger charge is -2.45. The number of allylic oxidation sites excluding steroid dienone is 5. The molecule has 2 rings (SSSR count). The van der Waals surface area contributed by atoms with Crippen molar-refractivity contribution in [3.63, 3.8) is 0 Å². The molecule has 0 amide bonds. The highest BCUT2D eigenvalue weighted by molar-refractivity contribution is 5.69. The van der Waals surface area contributed by atoms with E-state index in [9.17, 15) is 9.90 Å². The summed E-state index contributed by atoms with van der Waals surface area (Å²) in [6.45, 7) is 7.94. The van der Waals surface area contributed by atoms with Crippen molar-refractivity contribution in [2.75, 3.05) is 0 Å². The summed E-state index contributed by atoms with van der Waals surface area (Å²) >= 11 is 0. The van der Waals surface area contributed by atoms with Crippen LogP contribution in [0.25, 0.3) is 0 Å². The molecular formula is C16H22O3.